The quantitative estimate of drug-likeness (QED) is 0.863. The monoisotopic (exact) mass is 277 g/mol. The van der Waals surface area contributed by atoms with Crippen molar-refractivity contribution in [1.82, 2.24) is 0 Å². The van der Waals surface area contributed by atoms with Gasteiger partial charge in [-0.2, -0.15) is 0 Å². The molecule has 0 fully saturated rings. The van der Waals surface area contributed by atoms with Crippen molar-refractivity contribution in [3.63, 3.8) is 0 Å². The lowest BCUT2D eigenvalue weighted by molar-refractivity contribution is 0.414. The van der Waals surface area contributed by atoms with Gasteiger partial charge in [-0.05, 0) is 23.8 Å². The number of hydrogen-bond acceptors (Lipinski definition) is 2. The molecule has 0 aromatic heterocycles. The van der Waals surface area contributed by atoms with Crippen LogP contribution in [0.25, 0.3) is 0 Å². The van der Waals surface area contributed by atoms with Crippen LogP contribution in [0.1, 0.15) is 11.6 Å². The lowest BCUT2D eigenvalue weighted by atomic mass is 10.1. The molecule has 0 saturated carbocycles. The molecule has 0 heterocycles. The first kappa shape index (κ1) is 13.5. The molecule has 0 bridgehead atoms. The molecule has 0 amide bonds. The van der Waals surface area contributed by atoms with Crippen LogP contribution >= 0.6 is 28.3 Å². The van der Waals surface area contributed by atoms with Crippen LogP contribution in [0.5, 0.6) is 5.75 Å². The largest absolute Gasteiger partial charge is 0.497 e. The summed E-state index contributed by atoms with van der Waals surface area (Å²) in [6.07, 6.45) is 1.69. The number of hydrogen-bond donors (Lipinski definition) is 1. The Balaban J connectivity index is 0.00000169. The van der Waals surface area contributed by atoms with Gasteiger partial charge >= 0.3 is 0 Å². The van der Waals surface area contributed by atoms with Crippen LogP contribution in [0.15, 0.2) is 35.3 Å². The summed E-state index contributed by atoms with van der Waals surface area (Å²) in [6.45, 7) is 3.65. The van der Waals surface area contributed by atoms with E-state index in [1.54, 1.807) is 13.2 Å². The van der Waals surface area contributed by atoms with Crippen molar-refractivity contribution in [2.75, 3.05) is 7.11 Å². The Morgan fingerprint density at radius 1 is 1.57 bits per heavy atom. The molecule has 0 saturated heterocycles. The predicted molar refractivity (Wildman–Crippen MR) is 65.1 cm³/mol. The molecule has 0 unspecified atom stereocenters. The van der Waals surface area contributed by atoms with Crippen molar-refractivity contribution in [3.8, 4) is 5.75 Å². The molecule has 0 aliphatic carbocycles. The van der Waals surface area contributed by atoms with Crippen LogP contribution in [0.2, 0.25) is 0 Å². The van der Waals surface area contributed by atoms with Crippen molar-refractivity contribution < 1.29 is 4.74 Å². The van der Waals surface area contributed by atoms with Gasteiger partial charge in [0.2, 0.25) is 0 Å². The van der Waals surface area contributed by atoms with Gasteiger partial charge in [-0.3, -0.25) is 0 Å². The summed E-state index contributed by atoms with van der Waals surface area (Å²) >= 11 is 3.42. The molecule has 1 atom stereocenters. The van der Waals surface area contributed by atoms with Gasteiger partial charge in [0.1, 0.15) is 5.75 Å². The van der Waals surface area contributed by atoms with Crippen molar-refractivity contribution in [2.45, 2.75) is 6.04 Å². The van der Waals surface area contributed by atoms with Crippen molar-refractivity contribution in [3.05, 3.63) is 40.9 Å². The zero-order valence-corrected chi connectivity index (χ0v) is 10.3. The van der Waals surface area contributed by atoms with Gasteiger partial charge in [-0.15, -0.1) is 19.0 Å². The Morgan fingerprint density at radius 2 is 2.21 bits per heavy atom. The van der Waals surface area contributed by atoms with E-state index in [0.29, 0.717) is 0 Å². The van der Waals surface area contributed by atoms with Crippen LogP contribution in [0.3, 0.4) is 0 Å². The van der Waals surface area contributed by atoms with Gasteiger partial charge < -0.3 is 10.5 Å². The summed E-state index contributed by atoms with van der Waals surface area (Å²) in [4.78, 5) is 0. The first-order valence-corrected chi connectivity index (χ1v) is 4.70. The fourth-order valence-corrected chi connectivity index (χ4v) is 1.54. The van der Waals surface area contributed by atoms with Gasteiger partial charge in [-0.25, -0.2) is 0 Å². The molecule has 1 aromatic rings. The number of rotatable bonds is 3. The third-order valence-corrected chi connectivity index (χ3v) is 2.54. The van der Waals surface area contributed by atoms with E-state index in [1.165, 1.54) is 0 Å². The Labute approximate surface area is 98.7 Å². The molecule has 2 nitrogen and oxygen atoms in total. The molecule has 4 heteroatoms. The van der Waals surface area contributed by atoms with Crippen molar-refractivity contribution in [2.24, 2.45) is 5.73 Å². The van der Waals surface area contributed by atoms with E-state index in [2.05, 4.69) is 22.5 Å². The average molecular weight is 279 g/mol. The van der Waals surface area contributed by atoms with E-state index >= 15 is 0 Å². The minimum atomic E-state index is -0.163. The maximum Gasteiger partial charge on any atom is 0.119 e. The molecule has 0 spiro atoms. The normalized spacial score (nSPS) is 11.4. The summed E-state index contributed by atoms with van der Waals surface area (Å²) in [5.74, 6) is 0.801. The maximum atomic E-state index is 5.82. The number of halogens is 2. The zero-order valence-electron chi connectivity index (χ0n) is 7.87. The molecule has 2 N–H and O–H groups in total. The summed E-state index contributed by atoms with van der Waals surface area (Å²) in [5, 5.41) is 0. The minimum Gasteiger partial charge on any atom is -0.497 e. The Bertz CT molecular complexity index is 317. The third-order valence-electron chi connectivity index (χ3n) is 1.82. The van der Waals surface area contributed by atoms with Gasteiger partial charge in [-0.1, -0.05) is 22.0 Å². The third kappa shape index (κ3) is 3.01. The highest BCUT2D eigenvalue weighted by Gasteiger charge is 2.07. The van der Waals surface area contributed by atoms with E-state index in [-0.39, 0.29) is 18.4 Å². The summed E-state index contributed by atoms with van der Waals surface area (Å²) in [7, 11) is 1.63. The molecular formula is C10H13BrClNO. The lowest BCUT2D eigenvalue weighted by Gasteiger charge is -2.10. The van der Waals surface area contributed by atoms with E-state index in [0.717, 1.165) is 15.8 Å². The van der Waals surface area contributed by atoms with Gasteiger partial charge in [0.05, 0.1) is 7.11 Å². The topological polar surface area (TPSA) is 35.2 Å². The van der Waals surface area contributed by atoms with Gasteiger partial charge in [0.15, 0.2) is 0 Å². The van der Waals surface area contributed by atoms with E-state index in [1.807, 2.05) is 18.2 Å². The smallest absolute Gasteiger partial charge is 0.119 e. The second-order valence-corrected chi connectivity index (χ2v) is 3.50. The molecule has 0 aliphatic heterocycles. The Hall–Kier alpha value is -0.510. The maximum absolute atomic E-state index is 5.82. The molecule has 0 radical (unpaired) electrons. The summed E-state index contributed by atoms with van der Waals surface area (Å²) < 4.78 is 6.07. The molecular weight excluding hydrogens is 265 g/mol. The Morgan fingerprint density at radius 3 is 2.71 bits per heavy atom. The highest BCUT2D eigenvalue weighted by molar-refractivity contribution is 9.10. The Kier molecular flexibility index (Phi) is 5.84. The fraction of sp³-hybridized carbons (Fsp3) is 0.200. The highest BCUT2D eigenvalue weighted by Crippen LogP contribution is 2.26. The van der Waals surface area contributed by atoms with Crippen LogP contribution in [0.4, 0.5) is 0 Å². The summed E-state index contributed by atoms with van der Waals surface area (Å²) in [5.41, 5.74) is 6.80. The molecule has 1 rings (SSSR count). The van der Waals surface area contributed by atoms with E-state index in [9.17, 15) is 0 Å². The SMILES string of the molecule is C=C[C@H](N)c1cc(OC)ccc1Br.Cl. The standard InChI is InChI=1S/C10H12BrNO.ClH/c1-3-10(12)8-6-7(13-2)4-5-9(8)11;/h3-6,10H,1,12H2,2H3;1H/t10-;/m0./s1. The van der Waals surface area contributed by atoms with E-state index in [4.69, 9.17) is 10.5 Å². The first-order chi connectivity index (χ1) is 6.19. The number of nitrogens with two attached hydrogens (primary N) is 1. The van der Waals surface area contributed by atoms with Gasteiger partial charge in [0, 0.05) is 10.5 Å². The van der Waals surface area contributed by atoms with Crippen molar-refractivity contribution in [1.29, 1.82) is 0 Å². The lowest BCUT2D eigenvalue weighted by Crippen LogP contribution is -2.07. The second kappa shape index (κ2) is 6.06. The van der Waals surface area contributed by atoms with Gasteiger partial charge in [0.25, 0.3) is 0 Å². The molecule has 14 heavy (non-hydrogen) atoms. The van der Waals surface area contributed by atoms with Crippen molar-refractivity contribution >= 4 is 28.3 Å². The minimum absolute atomic E-state index is 0. The zero-order chi connectivity index (χ0) is 9.84. The van der Waals surface area contributed by atoms with Crippen LogP contribution in [0, 0.1) is 0 Å². The van der Waals surface area contributed by atoms with E-state index < -0.39 is 0 Å². The summed E-state index contributed by atoms with van der Waals surface area (Å²) in [6, 6.07) is 5.53. The predicted octanol–water partition coefficient (Wildman–Crippen LogP) is 3.07. The second-order valence-electron chi connectivity index (χ2n) is 2.65. The molecule has 78 valence electrons. The van der Waals surface area contributed by atoms with Crippen LogP contribution < -0.4 is 10.5 Å². The highest BCUT2D eigenvalue weighted by atomic mass is 79.9. The fourth-order valence-electron chi connectivity index (χ4n) is 1.03. The number of benzene rings is 1. The number of ether oxygens (including phenoxy) is 1. The van der Waals surface area contributed by atoms with Crippen LogP contribution in [-0.4, -0.2) is 7.11 Å². The number of methoxy groups -OCH3 is 1. The molecule has 0 aliphatic rings. The van der Waals surface area contributed by atoms with Crippen LogP contribution in [-0.2, 0) is 0 Å². The first-order valence-electron chi connectivity index (χ1n) is 3.90. The molecule has 1 aromatic carbocycles. The average Bonchev–Trinajstić information content (AvgIpc) is 2.17.